The van der Waals surface area contributed by atoms with E-state index in [0.29, 0.717) is 0 Å². The summed E-state index contributed by atoms with van der Waals surface area (Å²) in [6, 6.07) is 9.17. The van der Waals surface area contributed by atoms with Crippen molar-refractivity contribution in [2.45, 2.75) is 130 Å². The highest BCUT2D eigenvalue weighted by Crippen LogP contribution is 2.44. The van der Waals surface area contributed by atoms with E-state index >= 15 is 0 Å². The molecule has 0 bridgehead atoms. The summed E-state index contributed by atoms with van der Waals surface area (Å²) in [6.07, 6.45) is -0.323. The second-order valence-electron chi connectivity index (χ2n) is 14.5. The first-order valence-corrected chi connectivity index (χ1v) is 14.7. The first kappa shape index (κ1) is 29.8. The van der Waals surface area contributed by atoms with Gasteiger partial charge in [-0.05, 0) is 40.8 Å². The van der Waals surface area contributed by atoms with E-state index in [4.69, 9.17) is 9.47 Å². The fraction of sp³-hybridized carbons (Fsp3) is 0.625. The van der Waals surface area contributed by atoms with Crippen molar-refractivity contribution in [1.29, 1.82) is 0 Å². The maximum atomic E-state index is 6.92. The van der Waals surface area contributed by atoms with Crippen LogP contribution in [0.4, 0.5) is 0 Å². The fourth-order valence-corrected chi connectivity index (χ4v) is 4.82. The molecule has 0 amide bonds. The molecule has 2 rings (SSSR count). The molecule has 0 aliphatic rings. The quantitative estimate of drug-likeness (QED) is 0.307. The second-order valence-corrected chi connectivity index (χ2v) is 15.3. The van der Waals surface area contributed by atoms with Gasteiger partial charge in [0.15, 0.2) is 0 Å². The average Bonchev–Trinajstić information content (AvgIpc) is 2.65. The molecule has 0 radical (unpaired) electrons. The maximum absolute atomic E-state index is 6.92. The van der Waals surface area contributed by atoms with Crippen LogP contribution in [0.1, 0.15) is 116 Å². The van der Waals surface area contributed by atoms with Gasteiger partial charge in [0.05, 0.1) is 0 Å². The largest absolute Gasteiger partial charge is 0.456 e. The lowest BCUT2D eigenvalue weighted by Crippen LogP contribution is -2.30. The third kappa shape index (κ3) is 7.30. The molecule has 0 aromatic heterocycles. The summed E-state index contributed by atoms with van der Waals surface area (Å²) >= 11 is 0.989. The van der Waals surface area contributed by atoms with Gasteiger partial charge in [-0.15, -0.1) is 0 Å². The van der Waals surface area contributed by atoms with Gasteiger partial charge in [-0.2, -0.15) is 0 Å². The third-order valence-corrected chi connectivity index (χ3v) is 7.20. The van der Waals surface area contributed by atoms with Crippen LogP contribution in [0, 0.1) is 13.8 Å². The number of aryl methyl sites for hydroxylation is 2. The lowest BCUT2D eigenvalue weighted by Gasteiger charge is -2.35. The number of ether oxygens (including phenoxy) is 2. The minimum atomic E-state index is -0.323. The average molecular weight is 495 g/mol. The van der Waals surface area contributed by atoms with E-state index in [1.54, 1.807) is 0 Å². The second kappa shape index (κ2) is 10.1. The van der Waals surface area contributed by atoms with Gasteiger partial charge < -0.3 is 9.47 Å². The van der Waals surface area contributed by atoms with Crippen molar-refractivity contribution >= 4 is 16.3 Å². The van der Waals surface area contributed by atoms with Gasteiger partial charge in [-0.3, -0.25) is 0 Å². The van der Waals surface area contributed by atoms with Crippen LogP contribution in [-0.4, -0.2) is 22.6 Å². The highest BCUT2D eigenvalue weighted by molar-refractivity contribution is 6.08. The Morgan fingerprint density at radius 3 is 0.943 bits per heavy atom. The predicted octanol–water partition coefficient (Wildman–Crippen LogP) is 8.33. The van der Waals surface area contributed by atoms with E-state index < -0.39 is 0 Å². The van der Waals surface area contributed by atoms with Gasteiger partial charge in [0.1, 0.15) is 11.5 Å². The van der Waals surface area contributed by atoms with Crippen LogP contribution in [0.3, 0.4) is 0 Å². The SMILES string of the molecule is Cc1cc(C(C)(C)C)c(OC([CH2][AlH2])Oc2c(C(C)(C)C)cc(C)cc2C(C)(C)C)c(C(C)(C)C)c1. The summed E-state index contributed by atoms with van der Waals surface area (Å²) in [5.41, 5.74) is 7.43. The van der Waals surface area contributed by atoms with Gasteiger partial charge >= 0.3 is 0 Å². The number of hydrogen-bond acceptors (Lipinski definition) is 2. The van der Waals surface area contributed by atoms with Gasteiger partial charge in [0.2, 0.25) is 22.6 Å². The van der Waals surface area contributed by atoms with E-state index in [0.717, 1.165) is 33.1 Å². The summed E-state index contributed by atoms with van der Waals surface area (Å²) in [5, 5.41) is 0.891. The Morgan fingerprint density at radius 1 is 0.543 bits per heavy atom. The van der Waals surface area contributed by atoms with Crippen molar-refractivity contribution in [3.63, 3.8) is 0 Å². The Labute approximate surface area is 224 Å². The molecule has 2 nitrogen and oxygen atoms in total. The molecule has 194 valence electrons. The summed E-state index contributed by atoms with van der Waals surface area (Å²) in [7, 11) is 0. The molecule has 35 heavy (non-hydrogen) atoms. The molecule has 0 saturated heterocycles. The zero-order valence-corrected chi connectivity index (χ0v) is 27.4. The Balaban J connectivity index is 2.72. The molecule has 2 aromatic carbocycles. The number of hydrogen-bond donors (Lipinski definition) is 0. The van der Waals surface area contributed by atoms with E-state index in [2.05, 4.69) is 121 Å². The molecule has 0 fully saturated rings. The highest BCUT2D eigenvalue weighted by atomic mass is 27.0. The third-order valence-electron chi connectivity index (χ3n) is 6.53. The zero-order valence-electron chi connectivity index (χ0n) is 25.4. The predicted molar refractivity (Wildman–Crippen MR) is 156 cm³/mol. The summed E-state index contributed by atoms with van der Waals surface area (Å²) in [5.74, 6) is 2.00. The lowest BCUT2D eigenvalue weighted by atomic mass is 9.78. The summed E-state index contributed by atoms with van der Waals surface area (Å²) < 4.78 is 13.8. The van der Waals surface area contributed by atoms with Crippen LogP contribution in [0.5, 0.6) is 11.5 Å². The first-order chi connectivity index (χ1) is 15.7. The molecule has 0 aliphatic carbocycles. The Hall–Kier alpha value is -1.43. The first-order valence-electron chi connectivity index (χ1n) is 13.3. The Kier molecular flexibility index (Phi) is 8.64. The molecule has 0 aliphatic heterocycles. The van der Waals surface area contributed by atoms with Crippen LogP contribution in [0.15, 0.2) is 24.3 Å². The Morgan fingerprint density at radius 2 is 0.771 bits per heavy atom. The molecule has 0 atom stereocenters. The van der Waals surface area contributed by atoms with E-state index in [1.165, 1.54) is 33.4 Å². The van der Waals surface area contributed by atoms with Gasteiger partial charge in [-0.1, -0.05) is 118 Å². The van der Waals surface area contributed by atoms with E-state index in [-0.39, 0.29) is 27.9 Å². The maximum Gasteiger partial charge on any atom is 0.229 e. The fourth-order valence-electron chi connectivity index (χ4n) is 4.48. The van der Waals surface area contributed by atoms with Crippen molar-refractivity contribution in [2.75, 3.05) is 0 Å². The standard InChI is InChI=1S/C32H49O2.Al.2H/c1-20-16-23(29(4,5)6)27(24(17-20)30(7,8)9)33-22(3)34-28-25(31(10,11)12)18-21(2)19-26(28)32(13,14)15;;;/h16-19,22H,3H2,1-2,4-15H3;;;. The molecule has 0 N–H and O–H groups in total. The van der Waals surface area contributed by atoms with Crippen LogP contribution < -0.4 is 9.47 Å². The van der Waals surface area contributed by atoms with Crippen LogP contribution in [0.25, 0.3) is 0 Å². The summed E-state index contributed by atoms with van der Waals surface area (Å²) in [4.78, 5) is 0. The van der Waals surface area contributed by atoms with Crippen molar-refractivity contribution in [1.82, 2.24) is 0 Å². The van der Waals surface area contributed by atoms with Crippen LogP contribution >= 0.6 is 0 Å². The minimum Gasteiger partial charge on any atom is -0.456 e. The molecular formula is C32H51AlO2. The molecule has 0 spiro atoms. The van der Waals surface area contributed by atoms with Crippen molar-refractivity contribution in [3.8, 4) is 11.5 Å². The van der Waals surface area contributed by atoms with Crippen molar-refractivity contribution in [2.24, 2.45) is 0 Å². The van der Waals surface area contributed by atoms with Gasteiger partial charge in [-0.25, -0.2) is 0 Å². The highest BCUT2D eigenvalue weighted by Gasteiger charge is 2.32. The van der Waals surface area contributed by atoms with E-state index in [9.17, 15) is 0 Å². The van der Waals surface area contributed by atoms with Crippen LogP contribution in [0.2, 0.25) is 5.28 Å². The summed E-state index contributed by atoms with van der Waals surface area (Å²) in [6.45, 7) is 31.6. The normalized spacial score (nSPS) is 13.3. The topological polar surface area (TPSA) is 18.5 Å². The van der Waals surface area contributed by atoms with E-state index in [1.807, 2.05) is 0 Å². The van der Waals surface area contributed by atoms with Crippen molar-refractivity contribution in [3.05, 3.63) is 57.6 Å². The minimum absolute atomic E-state index is 0.0337. The van der Waals surface area contributed by atoms with Crippen molar-refractivity contribution < 1.29 is 9.47 Å². The monoisotopic (exact) mass is 494 g/mol. The molecule has 0 saturated carbocycles. The number of benzene rings is 2. The lowest BCUT2D eigenvalue weighted by molar-refractivity contribution is 0.0173. The number of rotatable bonds is 5. The molecule has 0 heterocycles. The molecule has 2 aromatic rings. The Bertz CT molecular complexity index is 884. The molecular weight excluding hydrogens is 443 g/mol. The van der Waals surface area contributed by atoms with Gasteiger partial charge in [0, 0.05) is 22.3 Å². The molecule has 3 heteroatoms. The zero-order chi connectivity index (χ0) is 27.1. The smallest absolute Gasteiger partial charge is 0.229 e. The van der Waals surface area contributed by atoms with Crippen LogP contribution in [-0.2, 0) is 21.7 Å². The molecule has 0 unspecified atom stereocenters. The van der Waals surface area contributed by atoms with Gasteiger partial charge in [0.25, 0.3) is 0 Å².